The van der Waals surface area contributed by atoms with Crippen LogP contribution in [-0.4, -0.2) is 9.55 Å². The van der Waals surface area contributed by atoms with Crippen LogP contribution in [0.3, 0.4) is 0 Å². The van der Waals surface area contributed by atoms with Crippen LogP contribution in [0.5, 0.6) is 0 Å². The number of nitrogens with zero attached hydrogens (tertiary/aromatic N) is 2. The summed E-state index contributed by atoms with van der Waals surface area (Å²) < 4.78 is 2.22. The molecule has 1 heterocycles. The van der Waals surface area contributed by atoms with Gasteiger partial charge < -0.3 is 4.57 Å². The van der Waals surface area contributed by atoms with E-state index >= 15 is 0 Å². The highest BCUT2D eigenvalue weighted by Gasteiger charge is 2.38. The summed E-state index contributed by atoms with van der Waals surface area (Å²) in [5.74, 6) is 1.39. The van der Waals surface area contributed by atoms with Crippen molar-refractivity contribution in [3.63, 3.8) is 0 Å². The van der Waals surface area contributed by atoms with Gasteiger partial charge in [0, 0.05) is 11.6 Å². The minimum absolute atomic E-state index is 0.427. The van der Waals surface area contributed by atoms with E-state index < -0.39 is 0 Å². The molecule has 0 amide bonds. The Kier molecular flexibility index (Phi) is 2.60. The highest BCUT2D eigenvalue weighted by molar-refractivity contribution is 6.31. The summed E-state index contributed by atoms with van der Waals surface area (Å²) in [5, 5.41) is 0.751. The molecule has 0 aliphatic heterocycles. The van der Waals surface area contributed by atoms with Crippen LogP contribution in [0.1, 0.15) is 25.6 Å². The molecule has 2 aromatic rings. The van der Waals surface area contributed by atoms with Crippen LogP contribution in [0.15, 0.2) is 18.2 Å². The Morgan fingerprint density at radius 2 is 2.18 bits per heavy atom. The fourth-order valence-corrected chi connectivity index (χ4v) is 2.55. The van der Waals surface area contributed by atoms with Gasteiger partial charge in [-0.1, -0.05) is 18.5 Å². The molecule has 1 aromatic heterocycles. The molecule has 0 unspecified atom stereocenters. The summed E-state index contributed by atoms with van der Waals surface area (Å²) in [6.45, 7) is 3.30. The number of alkyl halides is 1. The van der Waals surface area contributed by atoms with Crippen molar-refractivity contribution >= 4 is 34.2 Å². The van der Waals surface area contributed by atoms with Crippen molar-refractivity contribution in [2.75, 3.05) is 0 Å². The molecule has 1 aliphatic carbocycles. The third kappa shape index (κ3) is 2.04. The van der Waals surface area contributed by atoms with Gasteiger partial charge in [0.25, 0.3) is 0 Å². The molecule has 1 aromatic carbocycles. The zero-order valence-electron chi connectivity index (χ0n) is 9.71. The van der Waals surface area contributed by atoms with Gasteiger partial charge >= 0.3 is 0 Å². The van der Waals surface area contributed by atoms with Crippen LogP contribution in [0.25, 0.3) is 11.0 Å². The van der Waals surface area contributed by atoms with Gasteiger partial charge in [-0.05, 0) is 36.5 Å². The smallest absolute Gasteiger partial charge is 0.124 e. The normalized spacial score (nSPS) is 17.6. The molecule has 0 N–H and O–H groups in total. The minimum atomic E-state index is 0.427. The van der Waals surface area contributed by atoms with Gasteiger partial charge in [0.05, 0.1) is 16.9 Å². The lowest BCUT2D eigenvalue weighted by molar-refractivity contribution is 0.465. The van der Waals surface area contributed by atoms with E-state index in [9.17, 15) is 0 Å². The Balaban J connectivity index is 2.14. The quantitative estimate of drug-likeness (QED) is 0.762. The maximum Gasteiger partial charge on any atom is 0.124 e. The molecule has 0 spiro atoms. The van der Waals surface area contributed by atoms with Gasteiger partial charge in [0.2, 0.25) is 0 Å². The SMILES string of the molecule is CC1(Cn2c(CCl)nc3ccc(Cl)cc32)CC1. The Hall–Kier alpha value is -0.730. The first-order valence-corrected chi connectivity index (χ1v) is 6.73. The second kappa shape index (κ2) is 3.89. The van der Waals surface area contributed by atoms with Gasteiger partial charge in [-0.2, -0.15) is 0 Å². The summed E-state index contributed by atoms with van der Waals surface area (Å²) in [4.78, 5) is 4.56. The number of hydrogen-bond donors (Lipinski definition) is 0. The lowest BCUT2D eigenvalue weighted by Crippen LogP contribution is -2.10. The molecule has 0 saturated heterocycles. The first-order chi connectivity index (χ1) is 8.11. The van der Waals surface area contributed by atoms with Crippen molar-refractivity contribution in [2.45, 2.75) is 32.2 Å². The van der Waals surface area contributed by atoms with Crippen LogP contribution in [0.2, 0.25) is 5.02 Å². The monoisotopic (exact) mass is 268 g/mol. The number of halogens is 2. The maximum atomic E-state index is 6.06. The van der Waals surface area contributed by atoms with Crippen LogP contribution in [0, 0.1) is 5.41 Å². The Morgan fingerprint density at radius 3 is 2.82 bits per heavy atom. The summed E-state index contributed by atoms with van der Waals surface area (Å²) >= 11 is 12.0. The largest absolute Gasteiger partial charge is 0.326 e. The average molecular weight is 269 g/mol. The Bertz CT molecular complexity index is 570. The molecule has 1 aliphatic rings. The van der Waals surface area contributed by atoms with E-state index in [0.29, 0.717) is 11.3 Å². The molecule has 0 bridgehead atoms. The number of rotatable bonds is 3. The number of fused-ring (bicyclic) bond motifs is 1. The number of aromatic nitrogens is 2. The predicted octanol–water partition coefficient (Wildman–Crippen LogP) is 4.23. The molecular weight excluding hydrogens is 255 g/mol. The molecule has 4 heteroatoms. The molecule has 0 radical (unpaired) electrons. The zero-order valence-corrected chi connectivity index (χ0v) is 11.2. The molecule has 90 valence electrons. The van der Waals surface area contributed by atoms with E-state index in [-0.39, 0.29) is 0 Å². The number of imidazole rings is 1. The summed E-state index contributed by atoms with van der Waals surface area (Å²) in [6.07, 6.45) is 2.57. The fraction of sp³-hybridized carbons (Fsp3) is 0.462. The van der Waals surface area contributed by atoms with E-state index in [0.717, 1.165) is 28.4 Å². The molecule has 2 nitrogen and oxygen atoms in total. The van der Waals surface area contributed by atoms with Gasteiger partial charge in [0.1, 0.15) is 5.82 Å². The molecule has 1 saturated carbocycles. The topological polar surface area (TPSA) is 17.8 Å². The van der Waals surface area contributed by atoms with Crippen molar-refractivity contribution < 1.29 is 0 Å². The third-order valence-corrected chi connectivity index (χ3v) is 4.03. The fourth-order valence-electron chi connectivity index (χ4n) is 2.18. The predicted molar refractivity (Wildman–Crippen MR) is 71.6 cm³/mol. The van der Waals surface area contributed by atoms with Crippen molar-refractivity contribution in [1.82, 2.24) is 9.55 Å². The second-order valence-corrected chi connectivity index (χ2v) is 5.90. The van der Waals surface area contributed by atoms with Crippen molar-refractivity contribution in [3.05, 3.63) is 29.0 Å². The summed E-state index contributed by atoms with van der Waals surface area (Å²) in [6, 6.07) is 5.81. The third-order valence-electron chi connectivity index (χ3n) is 3.55. The van der Waals surface area contributed by atoms with E-state index in [4.69, 9.17) is 23.2 Å². The first kappa shape index (κ1) is 11.4. The highest BCUT2D eigenvalue weighted by atomic mass is 35.5. The van der Waals surface area contributed by atoms with Crippen LogP contribution in [-0.2, 0) is 12.4 Å². The van der Waals surface area contributed by atoms with Gasteiger partial charge in [-0.25, -0.2) is 4.98 Å². The summed E-state index contributed by atoms with van der Waals surface area (Å²) in [5.41, 5.74) is 2.51. The van der Waals surface area contributed by atoms with E-state index in [1.165, 1.54) is 12.8 Å². The average Bonchev–Trinajstić information content (AvgIpc) is 2.93. The number of benzene rings is 1. The van der Waals surface area contributed by atoms with Crippen molar-refractivity contribution in [2.24, 2.45) is 5.41 Å². The molecule has 0 atom stereocenters. The van der Waals surface area contributed by atoms with Crippen LogP contribution in [0.4, 0.5) is 0 Å². The first-order valence-electron chi connectivity index (χ1n) is 5.82. The molecule has 3 rings (SSSR count). The highest BCUT2D eigenvalue weighted by Crippen LogP contribution is 2.47. The Labute approximate surface area is 111 Å². The lowest BCUT2D eigenvalue weighted by atomic mass is 10.1. The van der Waals surface area contributed by atoms with Gasteiger partial charge in [-0.15, -0.1) is 11.6 Å². The zero-order chi connectivity index (χ0) is 12.0. The molecular formula is C13H14Cl2N2. The molecule has 1 fully saturated rings. The van der Waals surface area contributed by atoms with Crippen LogP contribution >= 0.6 is 23.2 Å². The molecule has 17 heavy (non-hydrogen) atoms. The van der Waals surface area contributed by atoms with Gasteiger partial charge in [0.15, 0.2) is 0 Å². The second-order valence-electron chi connectivity index (χ2n) is 5.19. The van der Waals surface area contributed by atoms with Gasteiger partial charge in [-0.3, -0.25) is 0 Å². The standard InChI is InChI=1S/C13H14Cl2N2/c1-13(4-5-13)8-17-11-6-9(15)2-3-10(11)16-12(17)7-14/h2-3,6H,4-5,7-8H2,1H3. The summed E-state index contributed by atoms with van der Waals surface area (Å²) in [7, 11) is 0. The Morgan fingerprint density at radius 1 is 1.41 bits per heavy atom. The minimum Gasteiger partial charge on any atom is -0.326 e. The van der Waals surface area contributed by atoms with E-state index in [1.807, 2.05) is 18.2 Å². The van der Waals surface area contributed by atoms with Crippen LogP contribution < -0.4 is 0 Å². The maximum absolute atomic E-state index is 6.06. The van der Waals surface area contributed by atoms with Crippen molar-refractivity contribution in [3.8, 4) is 0 Å². The number of hydrogen-bond acceptors (Lipinski definition) is 1. The van der Waals surface area contributed by atoms with Crippen molar-refractivity contribution in [1.29, 1.82) is 0 Å². The van der Waals surface area contributed by atoms with E-state index in [1.54, 1.807) is 0 Å². The lowest BCUT2D eigenvalue weighted by Gasteiger charge is -2.12. The van der Waals surface area contributed by atoms with E-state index in [2.05, 4.69) is 16.5 Å².